The van der Waals surface area contributed by atoms with Crippen LogP contribution in [0.5, 0.6) is 0 Å². The van der Waals surface area contributed by atoms with Gasteiger partial charge < -0.3 is 10.1 Å². The molecule has 0 saturated heterocycles. The third-order valence-electron chi connectivity index (χ3n) is 1.61. The number of para-hydroxylation sites is 1. The lowest BCUT2D eigenvalue weighted by molar-refractivity contribution is -0.135. The molecule has 0 aliphatic rings. The number of hydrogen-bond donors (Lipinski definition) is 1. The molecule has 0 fully saturated rings. The Kier molecular flexibility index (Phi) is 4.84. The van der Waals surface area contributed by atoms with Crippen LogP contribution >= 0.6 is 31.9 Å². The minimum Gasteiger partial charge on any atom is -0.465 e. The van der Waals surface area contributed by atoms with Gasteiger partial charge in [-0.25, -0.2) is 4.79 Å². The Balaban J connectivity index is 2.72. The Bertz CT molecular complexity index is 391. The van der Waals surface area contributed by atoms with Gasteiger partial charge >= 0.3 is 5.97 Å². The molecule has 0 aliphatic carbocycles. The standard InChI is InChI=1S/C10H9Br2NO2/c1-15-10(14)8(12)6-13-9-5-3-2-4-7(9)11/h2-6,13H,1H3/b8-6-. The van der Waals surface area contributed by atoms with E-state index >= 15 is 0 Å². The van der Waals surface area contributed by atoms with Gasteiger partial charge in [0.1, 0.15) is 4.48 Å². The Labute approximate surface area is 105 Å². The highest BCUT2D eigenvalue weighted by Gasteiger charge is 2.04. The molecule has 0 aliphatic heterocycles. The van der Waals surface area contributed by atoms with Crippen LogP contribution in [0.4, 0.5) is 5.69 Å². The normalized spacial score (nSPS) is 11.0. The molecule has 1 aromatic rings. The summed E-state index contributed by atoms with van der Waals surface area (Å²) in [7, 11) is 1.33. The van der Waals surface area contributed by atoms with E-state index in [0.29, 0.717) is 4.48 Å². The van der Waals surface area contributed by atoms with Crippen molar-refractivity contribution in [3.05, 3.63) is 39.4 Å². The Morgan fingerprint density at radius 2 is 2.13 bits per heavy atom. The maximum atomic E-state index is 11.0. The third-order valence-corrected chi connectivity index (χ3v) is 2.85. The summed E-state index contributed by atoms with van der Waals surface area (Å²) in [6, 6.07) is 7.60. The SMILES string of the molecule is COC(=O)/C(Br)=C/Nc1ccccc1Br. The first-order valence-corrected chi connectivity index (χ1v) is 5.69. The molecule has 0 radical (unpaired) electrons. The molecule has 0 atom stereocenters. The first-order chi connectivity index (χ1) is 7.15. The van der Waals surface area contributed by atoms with Gasteiger partial charge in [0.2, 0.25) is 0 Å². The number of rotatable bonds is 3. The molecule has 3 nitrogen and oxygen atoms in total. The second-order valence-corrected chi connectivity index (χ2v) is 4.32. The molecule has 0 amide bonds. The number of carbonyl (C=O) groups excluding carboxylic acids is 1. The fourth-order valence-corrected chi connectivity index (χ4v) is 1.55. The number of halogens is 2. The van der Waals surface area contributed by atoms with Crippen LogP contribution in [0, 0.1) is 0 Å². The zero-order chi connectivity index (χ0) is 11.3. The van der Waals surface area contributed by atoms with Gasteiger partial charge in [-0.3, -0.25) is 0 Å². The van der Waals surface area contributed by atoms with Gasteiger partial charge in [-0.05, 0) is 44.0 Å². The van der Waals surface area contributed by atoms with Crippen molar-refractivity contribution >= 4 is 43.5 Å². The van der Waals surface area contributed by atoms with E-state index in [4.69, 9.17) is 0 Å². The second-order valence-electron chi connectivity index (χ2n) is 2.61. The molecule has 0 saturated carbocycles. The van der Waals surface area contributed by atoms with E-state index in [1.54, 1.807) is 0 Å². The van der Waals surface area contributed by atoms with Crippen LogP contribution < -0.4 is 5.32 Å². The molecule has 80 valence electrons. The number of benzene rings is 1. The zero-order valence-electron chi connectivity index (χ0n) is 7.96. The van der Waals surface area contributed by atoms with E-state index in [-0.39, 0.29) is 0 Å². The van der Waals surface area contributed by atoms with E-state index < -0.39 is 5.97 Å². The molecule has 1 N–H and O–H groups in total. The fourth-order valence-electron chi connectivity index (χ4n) is 0.876. The predicted octanol–water partition coefficient (Wildman–Crippen LogP) is 3.27. The lowest BCUT2D eigenvalue weighted by atomic mass is 10.3. The highest BCUT2D eigenvalue weighted by Crippen LogP contribution is 2.21. The van der Waals surface area contributed by atoms with Crippen molar-refractivity contribution < 1.29 is 9.53 Å². The monoisotopic (exact) mass is 333 g/mol. The van der Waals surface area contributed by atoms with Crippen molar-refractivity contribution in [3.8, 4) is 0 Å². The summed E-state index contributed by atoms with van der Waals surface area (Å²) in [5.74, 6) is -0.422. The molecule has 1 rings (SSSR count). The van der Waals surface area contributed by atoms with Crippen molar-refractivity contribution in [2.45, 2.75) is 0 Å². The number of hydrogen-bond acceptors (Lipinski definition) is 3. The van der Waals surface area contributed by atoms with Crippen molar-refractivity contribution in [1.29, 1.82) is 0 Å². The summed E-state index contributed by atoms with van der Waals surface area (Å²) >= 11 is 6.47. The topological polar surface area (TPSA) is 38.3 Å². The summed E-state index contributed by atoms with van der Waals surface area (Å²) in [5.41, 5.74) is 0.873. The molecule has 15 heavy (non-hydrogen) atoms. The van der Waals surface area contributed by atoms with Gasteiger partial charge in [-0.1, -0.05) is 12.1 Å². The maximum absolute atomic E-state index is 11.0. The van der Waals surface area contributed by atoms with Crippen LogP contribution in [-0.2, 0) is 9.53 Å². The molecule has 0 aromatic heterocycles. The van der Waals surface area contributed by atoms with Crippen molar-refractivity contribution in [2.24, 2.45) is 0 Å². The van der Waals surface area contributed by atoms with Crippen molar-refractivity contribution in [1.82, 2.24) is 0 Å². The number of methoxy groups -OCH3 is 1. The van der Waals surface area contributed by atoms with Crippen LogP contribution in [0.25, 0.3) is 0 Å². The maximum Gasteiger partial charge on any atom is 0.346 e. The summed E-state index contributed by atoms with van der Waals surface area (Å²) in [6.07, 6.45) is 1.53. The van der Waals surface area contributed by atoms with Gasteiger partial charge in [0.05, 0.1) is 12.8 Å². The van der Waals surface area contributed by atoms with Gasteiger partial charge in [-0.15, -0.1) is 0 Å². The van der Waals surface area contributed by atoms with Crippen LogP contribution in [0.3, 0.4) is 0 Å². The van der Waals surface area contributed by atoms with E-state index in [9.17, 15) is 4.79 Å². The first-order valence-electron chi connectivity index (χ1n) is 4.10. The average Bonchev–Trinajstić information content (AvgIpc) is 2.26. The molecule has 0 unspecified atom stereocenters. The molecule has 0 bridgehead atoms. The van der Waals surface area contributed by atoms with Crippen LogP contribution in [0.1, 0.15) is 0 Å². The number of esters is 1. The lowest BCUT2D eigenvalue weighted by Crippen LogP contribution is -2.01. The van der Waals surface area contributed by atoms with Gasteiger partial charge in [0, 0.05) is 10.7 Å². The molecule has 0 heterocycles. The fraction of sp³-hybridized carbons (Fsp3) is 0.100. The molecule has 0 spiro atoms. The number of anilines is 1. The highest BCUT2D eigenvalue weighted by atomic mass is 79.9. The summed E-state index contributed by atoms with van der Waals surface area (Å²) in [5, 5.41) is 2.97. The molecular weight excluding hydrogens is 326 g/mol. The van der Waals surface area contributed by atoms with E-state index in [0.717, 1.165) is 10.2 Å². The summed E-state index contributed by atoms with van der Waals surface area (Å²) < 4.78 is 5.78. The van der Waals surface area contributed by atoms with Gasteiger partial charge in [0.25, 0.3) is 0 Å². The summed E-state index contributed by atoms with van der Waals surface area (Å²) in [4.78, 5) is 11.0. The zero-order valence-corrected chi connectivity index (χ0v) is 11.1. The van der Waals surface area contributed by atoms with E-state index in [1.807, 2.05) is 24.3 Å². The van der Waals surface area contributed by atoms with Crippen LogP contribution in [0.2, 0.25) is 0 Å². The number of carbonyl (C=O) groups is 1. The Morgan fingerprint density at radius 1 is 1.47 bits per heavy atom. The average molecular weight is 335 g/mol. The summed E-state index contributed by atoms with van der Waals surface area (Å²) in [6.45, 7) is 0. The first kappa shape index (κ1) is 12.3. The minimum absolute atomic E-state index is 0.334. The van der Waals surface area contributed by atoms with Crippen LogP contribution in [-0.4, -0.2) is 13.1 Å². The Morgan fingerprint density at radius 3 is 2.73 bits per heavy atom. The quantitative estimate of drug-likeness (QED) is 0.681. The van der Waals surface area contributed by atoms with Crippen LogP contribution in [0.15, 0.2) is 39.4 Å². The van der Waals surface area contributed by atoms with Crippen molar-refractivity contribution in [3.63, 3.8) is 0 Å². The van der Waals surface area contributed by atoms with E-state index in [1.165, 1.54) is 13.3 Å². The largest absolute Gasteiger partial charge is 0.465 e. The second kappa shape index (κ2) is 5.92. The lowest BCUT2D eigenvalue weighted by Gasteiger charge is -2.03. The molecule has 1 aromatic carbocycles. The van der Waals surface area contributed by atoms with Crippen molar-refractivity contribution in [2.75, 3.05) is 12.4 Å². The van der Waals surface area contributed by atoms with Gasteiger partial charge in [-0.2, -0.15) is 0 Å². The number of ether oxygens (including phenoxy) is 1. The smallest absolute Gasteiger partial charge is 0.346 e. The van der Waals surface area contributed by atoms with Gasteiger partial charge in [0.15, 0.2) is 0 Å². The molecular formula is C10H9Br2NO2. The molecule has 5 heteroatoms. The minimum atomic E-state index is -0.422. The number of nitrogens with one attached hydrogen (secondary N) is 1. The predicted molar refractivity (Wildman–Crippen MR) is 66.8 cm³/mol. The third kappa shape index (κ3) is 3.68. The van der Waals surface area contributed by atoms with E-state index in [2.05, 4.69) is 41.9 Å². The highest BCUT2D eigenvalue weighted by molar-refractivity contribution is 9.12. The Hall–Kier alpha value is -0.810.